The van der Waals surface area contributed by atoms with Gasteiger partial charge >= 0.3 is 0 Å². The summed E-state index contributed by atoms with van der Waals surface area (Å²) < 4.78 is 5.68. The normalized spacial score (nSPS) is 25.2. The first-order valence-electron chi connectivity index (χ1n) is 5.52. The van der Waals surface area contributed by atoms with Crippen molar-refractivity contribution in [3.05, 3.63) is 23.9 Å². The van der Waals surface area contributed by atoms with Crippen molar-refractivity contribution in [2.24, 2.45) is 0 Å². The summed E-state index contributed by atoms with van der Waals surface area (Å²) in [6.07, 6.45) is 7.53. The smallest absolute Gasteiger partial charge is 0.128 e. The van der Waals surface area contributed by atoms with Crippen LogP contribution in [-0.4, -0.2) is 30.3 Å². The van der Waals surface area contributed by atoms with E-state index in [0.29, 0.717) is 0 Å². The molecule has 0 N–H and O–H groups in total. The zero-order valence-electron chi connectivity index (χ0n) is 9.68. The largest absolute Gasteiger partial charge is 0.372 e. The highest BCUT2D eigenvalue weighted by Gasteiger charge is 2.22. The number of ether oxygens (including phenoxy) is 1. The van der Waals surface area contributed by atoms with Crippen molar-refractivity contribution in [1.29, 1.82) is 0 Å². The van der Waals surface area contributed by atoms with Crippen LogP contribution in [0.15, 0.2) is 18.3 Å². The Morgan fingerprint density at radius 2 is 2.06 bits per heavy atom. The number of hydrogen-bond donors (Lipinski definition) is 0. The van der Waals surface area contributed by atoms with E-state index >= 15 is 0 Å². The van der Waals surface area contributed by atoms with Crippen molar-refractivity contribution in [3.8, 4) is 12.3 Å². The van der Waals surface area contributed by atoms with Gasteiger partial charge in [0.05, 0.1) is 12.2 Å². The van der Waals surface area contributed by atoms with Crippen molar-refractivity contribution in [2.45, 2.75) is 26.1 Å². The maximum atomic E-state index is 5.68. The standard InChI is InChI=1S/C13H16N2O/c1-4-12-5-6-13(14-7-12)15-8-10(2)16-11(3)9-15/h1,5-7,10-11H,8-9H2,2-3H3/t10-,11+. The van der Waals surface area contributed by atoms with E-state index in [1.54, 1.807) is 6.20 Å². The molecule has 1 saturated heterocycles. The van der Waals surface area contributed by atoms with E-state index in [2.05, 4.69) is 29.7 Å². The predicted molar refractivity (Wildman–Crippen MR) is 64.4 cm³/mol. The third-order valence-electron chi connectivity index (χ3n) is 2.66. The highest BCUT2D eigenvalue weighted by molar-refractivity contribution is 5.43. The molecule has 1 aliphatic rings. The molecule has 0 amide bonds. The maximum absolute atomic E-state index is 5.68. The van der Waals surface area contributed by atoms with Crippen LogP contribution in [0, 0.1) is 12.3 Å². The molecule has 1 aliphatic heterocycles. The van der Waals surface area contributed by atoms with Crippen LogP contribution < -0.4 is 4.90 Å². The molecule has 2 rings (SSSR count). The lowest BCUT2D eigenvalue weighted by atomic mass is 10.2. The van der Waals surface area contributed by atoms with Gasteiger partial charge in [0.1, 0.15) is 5.82 Å². The SMILES string of the molecule is C#Cc1ccc(N2C[C@@H](C)O[C@@H](C)C2)nc1. The molecule has 16 heavy (non-hydrogen) atoms. The van der Waals surface area contributed by atoms with E-state index in [0.717, 1.165) is 24.5 Å². The first-order chi connectivity index (χ1) is 7.69. The molecule has 0 radical (unpaired) electrons. The quantitative estimate of drug-likeness (QED) is 0.668. The van der Waals surface area contributed by atoms with Crippen molar-refractivity contribution >= 4 is 5.82 Å². The lowest BCUT2D eigenvalue weighted by Gasteiger charge is -2.36. The summed E-state index contributed by atoms with van der Waals surface area (Å²) in [4.78, 5) is 6.61. The first kappa shape index (κ1) is 11.0. The van der Waals surface area contributed by atoms with Gasteiger partial charge < -0.3 is 9.64 Å². The molecule has 2 atom stereocenters. The Kier molecular flexibility index (Phi) is 3.12. The average Bonchev–Trinajstić information content (AvgIpc) is 2.28. The van der Waals surface area contributed by atoms with Gasteiger partial charge in [0, 0.05) is 24.8 Å². The van der Waals surface area contributed by atoms with Crippen LogP contribution in [0.3, 0.4) is 0 Å². The van der Waals surface area contributed by atoms with Gasteiger partial charge in [-0.3, -0.25) is 0 Å². The Morgan fingerprint density at radius 1 is 1.38 bits per heavy atom. The summed E-state index contributed by atoms with van der Waals surface area (Å²) in [5.41, 5.74) is 0.818. The molecular formula is C13H16N2O. The molecular weight excluding hydrogens is 200 g/mol. The molecule has 0 saturated carbocycles. The zero-order valence-corrected chi connectivity index (χ0v) is 9.68. The molecule has 0 bridgehead atoms. The summed E-state index contributed by atoms with van der Waals surface area (Å²) in [6, 6.07) is 3.90. The molecule has 0 spiro atoms. The Bertz CT molecular complexity index is 383. The lowest BCUT2D eigenvalue weighted by Crippen LogP contribution is -2.45. The monoisotopic (exact) mass is 216 g/mol. The second-order valence-corrected chi connectivity index (χ2v) is 4.21. The molecule has 2 heterocycles. The first-order valence-corrected chi connectivity index (χ1v) is 5.52. The second-order valence-electron chi connectivity index (χ2n) is 4.21. The van der Waals surface area contributed by atoms with Gasteiger partial charge in [0.25, 0.3) is 0 Å². The molecule has 1 fully saturated rings. The molecule has 1 aromatic heterocycles. The van der Waals surface area contributed by atoms with E-state index < -0.39 is 0 Å². The summed E-state index contributed by atoms with van der Waals surface area (Å²) in [7, 11) is 0. The van der Waals surface area contributed by atoms with E-state index in [1.165, 1.54) is 0 Å². The molecule has 0 aliphatic carbocycles. The van der Waals surface area contributed by atoms with Crippen LogP contribution in [0.25, 0.3) is 0 Å². The number of aromatic nitrogens is 1. The maximum Gasteiger partial charge on any atom is 0.128 e. The van der Waals surface area contributed by atoms with Crippen LogP contribution in [0.1, 0.15) is 19.4 Å². The minimum atomic E-state index is 0.248. The van der Waals surface area contributed by atoms with Gasteiger partial charge in [0.15, 0.2) is 0 Å². The summed E-state index contributed by atoms with van der Waals surface area (Å²) in [6.45, 7) is 5.93. The minimum absolute atomic E-state index is 0.248. The lowest BCUT2D eigenvalue weighted by molar-refractivity contribution is -0.00545. The Hall–Kier alpha value is -1.53. The average molecular weight is 216 g/mol. The van der Waals surface area contributed by atoms with Gasteiger partial charge in [-0.15, -0.1) is 6.42 Å². The van der Waals surface area contributed by atoms with Crippen LogP contribution in [0.4, 0.5) is 5.82 Å². The molecule has 84 valence electrons. The zero-order chi connectivity index (χ0) is 11.5. The van der Waals surface area contributed by atoms with E-state index in [1.807, 2.05) is 12.1 Å². The van der Waals surface area contributed by atoms with Gasteiger partial charge in [0.2, 0.25) is 0 Å². The van der Waals surface area contributed by atoms with Gasteiger partial charge in [-0.25, -0.2) is 4.98 Å². The minimum Gasteiger partial charge on any atom is -0.372 e. The summed E-state index contributed by atoms with van der Waals surface area (Å²) >= 11 is 0. The van der Waals surface area contributed by atoms with Crippen LogP contribution in [-0.2, 0) is 4.74 Å². The number of hydrogen-bond acceptors (Lipinski definition) is 3. The predicted octanol–water partition coefficient (Wildman–Crippen LogP) is 1.68. The fraction of sp³-hybridized carbons (Fsp3) is 0.462. The number of morpholine rings is 1. The molecule has 0 aromatic carbocycles. The summed E-state index contributed by atoms with van der Waals surface area (Å²) in [5, 5.41) is 0. The van der Waals surface area contributed by atoms with E-state index in [9.17, 15) is 0 Å². The Morgan fingerprint density at radius 3 is 2.56 bits per heavy atom. The molecule has 0 unspecified atom stereocenters. The van der Waals surface area contributed by atoms with E-state index in [4.69, 9.17) is 11.2 Å². The van der Waals surface area contributed by atoms with Crippen molar-refractivity contribution in [2.75, 3.05) is 18.0 Å². The van der Waals surface area contributed by atoms with Crippen LogP contribution in [0.5, 0.6) is 0 Å². The number of rotatable bonds is 1. The number of anilines is 1. The summed E-state index contributed by atoms with van der Waals surface area (Å²) in [5.74, 6) is 3.54. The Balaban J connectivity index is 2.14. The number of terminal acetylenes is 1. The Labute approximate surface area is 96.4 Å². The third kappa shape index (κ3) is 2.34. The highest BCUT2D eigenvalue weighted by Crippen LogP contribution is 2.18. The van der Waals surface area contributed by atoms with Gasteiger partial charge in [-0.2, -0.15) is 0 Å². The van der Waals surface area contributed by atoms with Gasteiger partial charge in [-0.1, -0.05) is 5.92 Å². The highest BCUT2D eigenvalue weighted by atomic mass is 16.5. The van der Waals surface area contributed by atoms with Crippen molar-refractivity contribution in [3.63, 3.8) is 0 Å². The number of pyridine rings is 1. The molecule has 3 nitrogen and oxygen atoms in total. The molecule has 3 heteroatoms. The van der Waals surface area contributed by atoms with Crippen LogP contribution >= 0.6 is 0 Å². The fourth-order valence-electron chi connectivity index (χ4n) is 2.02. The van der Waals surface area contributed by atoms with Crippen molar-refractivity contribution < 1.29 is 4.74 Å². The number of nitrogens with zero attached hydrogens (tertiary/aromatic N) is 2. The third-order valence-corrected chi connectivity index (χ3v) is 2.66. The second kappa shape index (κ2) is 4.54. The van der Waals surface area contributed by atoms with Crippen LogP contribution in [0.2, 0.25) is 0 Å². The van der Waals surface area contributed by atoms with E-state index in [-0.39, 0.29) is 12.2 Å². The fourth-order valence-corrected chi connectivity index (χ4v) is 2.02. The topological polar surface area (TPSA) is 25.4 Å². The molecule has 1 aromatic rings. The van der Waals surface area contributed by atoms with Crippen molar-refractivity contribution in [1.82, 2.24) is 4.98 Å². The van der Waals surface area contributed by atoms with Gasteiger partial charge in [-0.05, 0) is 26.0 Å².